The molecule has 3 nitrogen and oxygen atoms in total. The molecule has 0 aromatic heterocycles. The predicted molar refractivity (Wildman–Crippen MR) is 75.6 cm³/mol. The lowest BCUT2D eigenvalue weighted by molar-refractivity contribution is 0.280. The molecule has 0 heterocycles. The molecule has 2 aromatic carbocycles. The Bertz CT molecular complexity index is 608. The van der Waals surface area contributed by atoms with Crippen LogP contribution in [0.1, 0.15) is 23.6 Å². The van der Waals surface area contributed by atoms with Crippen LogP contribution in [0.3, 0.4) is 0 Å². The maximum atomic E-state index is 13.9. The Balaban J connectivity index is 2.23. The van der Waals surface area contributed by atoms with E-state index in [-0.39, 0.29) is 18.2 Å². The molecule has 102 valence electrons. The molecular formula is C16H15FN2O. The van der Waals surface area contributed by atoms with Crippen molar-refractivity contribution in [3.8, 4) is 6.07 Å². The number of hydrogen-bond acceptors (Lipinski definition) is 3. The highest BCUT2D eigenvalue weighted by molar-refractivity contribution is 5.50. The van der Waals surface area contributed by atoms with Gasteiger partial charge in [0, 0.05) is 6.61 Å². The van der Waals surface area contributed by atoms with Gasteiger partial charge in [0.25, 0.3) is 0 Å². The van der Waals surface area contributed by atoms with E-state index in [1.807, 2.05) is 36.4 Å². The third-order valence-corrected chi connectivity index (χ3v) is 3.05. The van der Waals surface area contributed by atoms with Gasteiger partial charge in [0.05, 0.1) is 23.4 Å². The van der Waals surface area contributed by atoms with Gasteiger partial charge < -0.3 is 10.4 Å². The van der Waals surface area contributed by atoms with Crippen molar-refractivity contribution in [1.82, 2.24) is 0 Å². The number of nitrogens with zero attached hydrogens (tertiary/aromatic N) is 1. The minimum absolute atomic E-state index is 0.00442. The molecular weight excluding hydrogens is 255 g/mol. The zero-order valence-electron chi connectivity index (χ0n) is 10.9. The second-order valence-corrected chi connectivity index (χ2v) is 4.43. The van der Waals surface area contributed by atoms with E-state index < -0.39 is 5.82 Å². The zero-order chi connectivity index (χ0) is 14.4. The normalized spacial score (nSPS) is 11.7. The summed E-state index contributed by atoms with van der Waals surface area (Å²) in [6.07, 6.45) is 0.476. The van der Waals surface area contributed by atoms with Gasteiger partial charge in [0.1, 0.15) is 5.82 Å². The third-order valence-electron chi connectivity index (χ3n) is 3.05. The largest absolute Gasteiger partial charge is 0.396 e. The standard InChI is InChI=1S/C16H15FN2O/c17-14-10-12(11-18)6-7-16(14)19-15(8-9-20)13-4-2-1-3-5-13/h1-7,10,15,19-20H,8-9H2/t15-/m1/s1. The van der Waals surface area contributed by atoms with Crippen LogP contribution in [0.2, 0.25) is 0 Å². The molecule has 0 saturated heterocycles. The van der Waals surface area contributed by atoms with Crippen LogP contribution in [0, 0.1) is 17.1 Å². The molecule has 2 rings (SSSR count). The summed E-state index contributed by atoms with van der Waals surface area (Å²) in [5.74, 6) is -0.470. The number of aliphatic hydroxyl groups excluding tert-OH is 1. The first-order valence-electron chi connectivity index (χ1n) is 6.36. The number of nitriles is 1. The summed E-state index contributed by atoms with van der Waals surface area (Å²) in [6, 6.07) is 15.6. The molecule has 1 atom stereocenters. The van der Waals surface area contributed by atoms with Crippen molar-refractivity contribution in [2.45, 2.75) is 12.5 Å². The van der Waals surface area contributed by atoms with Gasteiger partial charge in [-0.2, -0.15) is 5.26 Å². The van der Waals surface area contributed by atoms with Crippen LogP contribution >= 0.6 is 0 Å². The Morgan fingerprint density at radius 3 is 2.55 bits per heavy atom. The fourth-order valence-electron chi connectivity index (χ4n) is 2.03. The Kier molecular flexibility index (Phi) is 4.70. The lowest BCUT2D eigenvalue weighted by Crippen LogP contribution is -2.13. The van der Waals surface area contributed by atoms with E-state index in [1.165, 1.54) is 6.07 Å². The molecule has 0 aliphatic rings. The first-order chi connectivity index (χ1) is 9.74. The topological polar surface area (TPSA) is 56.0 Å². The fourth-order valence-corrected chi connectivity index (χ4v) is 2.03. The summed E-state index contributed by atoms with van der Waals surface area (Å²) in [7, 11) is 0. The van der Waals surface area contributed by atoms with Crippen molar-refractivity contribution in [2.24, 2.45) is 0 Å². The van der Waals surface area contributed by atoms with Crippen molar-refractivity contribution in [3.63, 3.8) is 0 Å². The molecule has 20 heavy (non-hydrogen) atoms. The van der Waals surface area contributed by atoms with Gasteiger partial charge in [-0.1, -0.05) is 30.3 Å². The van der Waals surface area contributed by atoms with Crippen LogP contribution in [-0.4, -0.2) is 11.7 Å². The molecule has 0 radical (unpaired) electrons. The van der Waals surface area contributed by atoms with Crippen LogP contribution < -0.4 is 5.32 Å². The van der Waals surface area contributed by atoms with E-state index in [0.717, 1.165) is 5.56 Å². The fraction of sp³-hybridized carbons (Fsp3) is 0.188. The number of nitrogens with one attached hydrogen (secondary N) is 1. The minimum atomic E-state index is -0.470. The maximum Gasteiger partial charge on any atom is 0.147 e. The number of benzene rings is 2. The SMILES string of the molecule is N#Cc1ccc(N[C@H](CCO)c2ccccc2)c(F)c1. The number of anilines is 1. The van der Waals surface area contributed by atoms with E-state index in [4.69, 9.17) is 10.4 Å². The van der Waals surface area contributed by atoms with Gasteiger partial charge >= 0.3 is 0 Å². The molecule has 2 aromatic rings. The molecule has 0 spiro atoms. The zero-order valence-corrected chi connectivity index (χ0v) is 10.9. The molecule has 0 amide bonds. The third kappa shape index (κ3) is 3.34. The Morgan fingerprint density at radius 1 is 1.20 bits per heavy atom. The molecule has 0 fully saturated rings. The highest BCUT2D eigenvalue weighted by Crippen LogP contribution is 2.24. The van der Waals surface area contributed by atoms with E-state index >= 15 is 0 Å². The van der Waals surface area contributed by atoms with Gasteiger partial charge in [0.2, 0.25) is 0 Å². The second-order valence-electron chi connectivity index (χ2n) is 4.43. The molecule has 2 N–H and O–H groups in total. The summed E-state index contributed by atoms with van der Waals surface area (Å²) in [6.45, 7) is 0.00442. The lowest BCUT2D eigenvalue weighted by Gasteiger charge is -2.20. The smallest absolute Gasteiger partial charge is 0.147 e. The first kappa shape index (κ1) is 14.0. The number of hydrogen-bond donors (Lipinski definition) is 2. The van der Waals surface area contributed by atoms with Gasteiger partial charge in [0.15, 0.2) is 0 Å². The van der Waals surface area contributed by atoms with Crippen LogP contribution in [0.25, 0.3) is 0 Å². The van der Waals surface area contributed by atoms with E-state index in [0.29, 0.717) is 12.1 Å². The second kappa shape index (κ2) is 6.69. The highest BCUT2D eigenvalue weighted by Gasteiger charge is 2.13. The van der Waals surface area contributed by atoms with Crippen molar-refractivity contribution in [3.05, 3.63) is 65.5 Å². The van der Waals surface area contributed by atoms with Crippen molar-refractivity contribution >= 4 is 5.69 Å². The minimum Gasteiger partial charge on any atom is -0.396 e. The van der Waals surface area contributed by atoms with Gasteiger partial charge in [-0.15, -0.1) is 0 Å². The summed E-state index contributed by atoms with van der Waals surface area (Å²) >= 11 is 0. The molecule has 0 aliphatic heterocycles. The quantitative estimate of drug-likeness (QED) is 0.877. The maximum absolute atomic E-state index is 13.9. The molecule has 0 aliphatic carbocycles. The van der Waals surface area contributed by atoms with Crippen LogP contribution in [0.4, 0.5) is 10.1 Å². The van der Waals surface area contributed by atoms with Crippen molar-refractivity contribution in [2.75, 3.05) is 11.9 Å². The molecule has 0 bridgehead atoms. The van der Waals surface area contributed by atoms with E-state index in [9.17, 15) is 4.39 Å². The average Bonchev–Trinajstić information content (AvgIpc) is 2.49. The van der Waals surface area contributed by atoms with Gasteiger partial charge in [-0.25, -0.2) is 4.39 Å². The van der Waals surface area contributed by atoms with Crippen LogP contribution in [0.5, 0.6) is 0 Å². The average molecular weight is 270 g/mol. The van der Waals surface area contributed by atoms with E-state index in [1.54, 1.807) is 12.1 Å². The van der Waals surface area contributed by atoms with Crippen LogP contribution in [-0.2, 0) is 0 Å². The molecule has 0 saturated carbocycles. The van der Waals surface area contributed by atoms with Crippen molar-refractivity contribution in [1.29, 1.82) is 5.26 Å². The number of aliphatic hydroxyl groups is 1. The number of halogens is 1. The van der Waals surface area contributed by atoms with Gasteiger partial charge in [-0.3, -0.25) is 0 Å². The summed E-state index contributed by atoms with van der Waals surface area (Å²) in [5, 5.41) is 20.9. The predicted octanol–water partition coefficient (Wildman–Crippen LogP) is 3.23. The van der Waals surface area contributed by atoms with Crippen LogP contribution in [0.15, 0.2) is 48.5 Å². The number of rotatable bonds is 5. The summed E-state index contributed by atoms with van der Waals surface area (Å²) in [4.78, 5) is 0. The molecule has 0 unspecified atom stereocenters. The Hall–Kier alpha value is -2.38. The first-order valence-corrected chi connectivity index (χ1v) is 6.36. The van der Waals surface area contributed by atoms with Crippen molar-refractivity contribution < 1.29 is 9.50 Å². The summed E-state index contributed by atoms with van der Waals surface area (Å²) in [5.41, 5.74) is 1.59. The summed E-state index contributed by atoms with van der Waals surface area (Å²) < 4.78 is 13.9. The Morgan fingerprint density at radius 2 is 1.95 bits per heavy atom. The monoisotopic (exact) mass is 270 g/mol. The molecule has 4 heteroatoms. The highest BCUT2D eigenvalue weighted by atomic mass is 19.1. The lowest BCUT2D eigenvalue weighted by atomic mass is 10.0. The van der Waals surface area contributed by atoms with E-state index in [2.05, 4.69) is 5.32 Å². The Labute approximate surface area is 117 Å². The van der Waals surface area contributed by atoms with Gasteiger partial charge in [-0.05, 0) is 30.2 Å².